The van der Waals surface area contributed by atoms with E-state index in [4.69, 9.17) is 11.1 Å². The molecule has 0 radical (unpaired) electrons. The van der Waals surface area contributed by atoms with E-state index in [2.05, 4.69) is 22.0 Å². The Labute approximate surface area is 187 Å². The number of carbonyl (C=O) groups is 1. The highest BCUT2D eigenvalue weighted by Gasteiger charge is 2.16. The van der Waals surface area contributed by atoms with Gasteiger partial charge in [-0.25, -0.2) is 4.57 Å². The van der Waals surface area contributed by atoms with Crippen LogP contribution in [0.4, 0.5) is 0 Å². The largest absolute Gasteiger partial charge is 0.384 e. The van der Waals surface area contributed by atoms with Gasteiger partial charge < -0.3 is 15.6 Å². The summed E-state index contributed by atoms with van der Waals surface area (Å²) in [6.45, 7) is 1.89. The molecule has 6 heteroatoms. The number of Topliss-reactive ketones (excluding diaryl/α,β-unsaturated/α-hetero) is 1. The van der Waals surface area contributed by atoms with E-state index in [0.29, 0.717) is 30.8 Å². The molecule has 6 nitrogen and oxygen atoms in total. The van der Waals surface area contributed by atoms with Gasteiger partial charge in [0.25, 0.3) is 0 Å². The molecule has 0 fully saturated rings. The zero-order valence-corrected chi connectivity index (χ0v) is 18.2. The van der Waals surface area contributed by atoms with Crippen molar-refractivity contribution in [2.75, 3.05) is 6.54 Å². The van der Waals surface area contributed by atoms with Gasteiger partial charge in [0.15, 0.2) is 18.2 Å². The summed E-state index contributed by atoms with van der Waals surface area (Å²) in [5, 5.41) is 12.1. The fourth-order valence-corrected chi connectivity index (χ4v) is 3.84. The van der Waals surface area contributed by atoms with Crippen molar-refractivity contribution in [3.63, 3.8) is 0 Å². The normalized spacial score (nSPS) is 11.0. The van der Waals surface area contributed by atoms with Crippen molar-refractivity contribution in [1.29, 1.82) is 5.41 Å². The fraction of sp³-hybridized carbons (Fsp3) is 0.192. The second-order valence-electron chi connectivity index (χ2n) is 8.01. The van der Waals surface area contributed by atoms with Gasteiger partial charge in [0.2, 0.25) is 0 Å². The zero-order chi connectivity index (χ0) is 22.5. The van der Waals surface area contributed by atoms with Crippen molar-refractivity contribution in [1.82, 2.24) is 9.88 Å². The molecule has 162 valence electrons. The van der Waals surface area contributed by atoms with E-state index < -0.39 is 0 Å². The highest BCUT2D eigenvalue weighted by molar-refractivity contribution is 6.00. The maximum absolute atomic E-state index is 13.1. The molecule has 4 aromatic rings. The first-order chi connectivity index (χ1) is 15.5. The molecule has 2 aromatic heterocycles. The molecule has 0 amide bonds. The number of amidine groups is 1. The number of nitrogen functional groups attached to an aromatic ring is 1. The van der Waals surface area contributed by atoms with E-state index in [9.17, 15) is 4.79 Å². The molecule has 0 bridgehead atoms. The third kappa shape index (κ3) is 4.92. The Morgan fingerprint density at radius 3 is 2.59 bits per heavy atom. The minimum atomic E-state index is 0.0405. The van der Waals surface area contributed by atoms with Gasteiger partial charge in [-0.15, -0.1) is 0 Å². The summed E-state index contributed by atoms with van der Waals surface area (Å²) < 4.78 is 4.06. The van der Waals surface area contributed by atoms with Gasteiger partial charge in [0.05, 0.1) is 5.69 Å². The van der Waals surface area contributed by atoms with Crippen LogP contribution in [-0.2, 0) is 20.1 Å². The number of aryl methyl sites for hydroxylation is 1. The van der Waals surface area contributed by atoms with Crippen LogP contribution in [0.15, 0.2) is 79.1 Å². The van der Waals surface area contributed by atoms with Crippen molar-refractivity contribution in [3.8, 4) is 0 Å². The van der Waals surface area contributed by atoms with Crippen LogP contribution in [0.2, 0.25) is 0 Å². The summed E-state index contributed by atoms with van der Waals surface area (Å²) in [5.41, 5.74) is 10.3. The number of carbonyl (C=O) groups excluding carboxylic acids is 1. The lowest BCUT2D eigenvalue weighted by atomic mass is 10.1. The number of ketones is 1. The molecule has 4 N–H and O–H groups in total. The van der Waals surface area contributed by atoms with E-state index in [0.717, 1.165) is 23.0 Å². The third-order valence-electron chi connectivity index (χ3n) is 5.58. The summed E-state index contributed by atoms with van der Waals surface area (Å²) in [5.74, 6) is 0.148. The molecule has 0 aliphatic heterocycles. The number of benzene rings is 2. The highest BCUT2D eigenvalue weighted by Crippen LogP contribution is 2.23. The molecule has 4 rings (SSSR count). The van der Waals surface area contributed by atoms with Gasteiger partial charge in [0.1, 0.15) is 12.9 Å². The lowest BCUT2D eigenvalue weighted by Crippen LogP contribution is -2.26. The summed E-state index contributed by atoms with van der Waals surface area (Å²) in [6.07, 6.45) is 4.45. The Morgan fingerprint density at radius 2 is 1.81 bits per heavy atom. The minimum absolute atomic E-state index is 0.0405. The summed E-state index contributed by atoms with van der Waals surface area (Å²) in [7, 11) is 1.99. The van der Waals surface area contributed by atoms with E-state index in [1.54, 1.807) is 0 Å². The molecule has 2 aromatic carbocycles. The molecule has 32 heavy (non-hydrogen) atoms. The van der Waals surface area contributed by atoms with Crippen LogP contribution >= 0.6 is 0 Å². The van der Waals surface area contributed by atoms with Gasteiger partial charge in [-0.3, -0.25) is 10.2 Å². The van der Waals surface area contributed by atoms with E-state index in [1.165, 1.54) is 5.56 Å². The second kappa shape index (κ2) is 9.58. The van der Waals surface area contributed by atoms with Crippen molar-refractivity contribution >= 4 is 22.5 Å². The van der Waals surface area contributed by atoms with Crippen molar-refractivity contribution in [2.45, 2.75) is 19.5 Å². The molecule has 2 heterocycles. The predicted molar refractivity (Wildman–Crippen MR) is 127 cm³/mol. The van der Waals surface area contributed by atoms with Gasteiger partial charge in [-0.05, 0) is 29.3 Å². The van der Waals surface area contributed by atoms with E-state index in [1.807, 2.05) is 78.6 Å². The SMILES string of the molecule is C[n+]1ccc(CNCCC(=O)c2cc3ccccc3n2Cc2cccc(C(=N)N)c2)cc1. The molecule has 0 spiro atoms. The molecular formula is C26H28N5O+. The number of aromatic nitrogens is 2. The number of para-hydroxylation sites is 1. The molecule has 0 saturated heterocycles. The minimum Gasteiger partial charge on any atom is -0.384 e. The fourth-order valence-electron chi connectivity index (χ4n) is 3.84. The standard InChI is InChI=1S/C26H28N5O/c1-30-13-10-19(11-14-30)17-29-12-9-25(32)24-16-21-6-2-3-8-23(21)31(24)18-20-5-4-7-22(15-20)26(27)28/h2-8,10-11,13-16,29H,9,12,17-18H2,1H3,(H3,27,28)/q+1. The average molecular weight is 427 g/mol. The Hall–Kier alpha value is -3.77. The number of fused-ring (bicyclic) bond motifs is 1. The Morgan fingerprint density at radius 1 is 1.03 bits per heavy atom. The van der Waals surface area contributed by atoms with Crippen molar-refractivity contribution < 1.29 is 9.36 Å². The number of hydrogen-bond donors (Lipinski definition) is 3. The Bertz CT molecular complexity index is 1260. The van der Waals surface area contributed by atoms with Crippen LogP contribution in [0.1, 0.15) is 33.6 Å². The van der Waals surface area contributed by atoms with E-state index >= 15 is 0 Å². The van der Waals surface area contributed by atoms with Crippen molar-refractivity contribution in [3.05, 3.63) is 102 Å². The topological polar surface area (TPSA) is 87.8 Å². The summed E-state index contributed by atoms with van der Waals surface area (Å²) in [6, 6.07) is 21.8. The lowest BCUT2D eigenvalue weighted by molar-refractivity contribution is -0.671. The van der Waals surface area contributed by atoms with Crippen LogP contribution in [0.3, 0.4) is 0 Å². The number of rotatable bonds is 9. The van der Waals surface area contributed by atoms with Crippen LogP contribution in [0, 0.1) is 5.41 Å². The predicted octanol–water partition coefficient (Wildman–Crippen LogP) is 3.16. The number of hydrogen-bond acceptors (Lipinski definition) is 3. The number of pyridine rings is 1. The first kappa shape index (κ1) is 21.5. The van der Waals surface area contributed by atoms with Gasteiger partial charge in [-0.2, -0.15) is 0 Å². The Kier molecular flexibility index (Phi) is 6.42. The quantitative estimate of drug-likeness (QED) is 0.126. The van der Waals surface area contributed by atoms with Crippen LogP contribution < -0.4 is 15.6 Å². The maximum atomic E-state index is 13.1. The third-order valence-corrected chi connectivity index (χ3v) is 5.58. The first-order valence-electron chi connectivity index (χ1n) is 10.7. The van der Waals surface area contributed by atoms with Crippen LogP contribution in [-0.4, -0.2) is 22.7 Å². The summed E-state index contributed by atoms with van der Waals surface area (Å²) in [4.78, 5) is 13.1. The summed E-state index contributed by atoms with van der Waals surface area (Å²) >= 11 is 0. The monoisotopic (exact) mass is 426 g/mol. The second-order valence-corrected chi connectivity index (χ2v) is 8.01. The average Bonchev–Trinajstić information content (AvgIpc) is 3.16. The molecule has 0 unspecified atom stereocenters. The molecule has 0 atom stereocenters. The zero-order valence-electron chi connectivity index (χ0n) is 18.2. The van der Waals surface area contributed by atoms with Gasteiger partial charge in [0, 0.05) is 54.7 Å². The van der Waals surface area contributed by atoms with Gasteiger partial charge >= 0.3 is 0 Å². The molecule has 0 saturated carbocycles. The van der Waals surface area contributed by atoms with Crippen molar-refractivity contribution in [2.24, 2.45) is 12.8 Å². The lowest BCUT2D eigenvalue weighted by Gasteiger charge is -2.12. The number of nitrogens with zero attached hydrogens (tertiary/aromatic N) is 2. The Balaban J connectivity index is 1.50. The number of nitrogens with two attached hydrogens (primary N) is 1. The van der Waals surface area contributed by atoms with Crippen LogP contribution in [0.25, 0.3) is 10.9 Å². The van der Waals surface area contributed by atoms with E-state index in [-0.39, 0.29) is 11.6 Å². The first-order valence-corrected chi connectivity index (χ1v) is 10.7. The highest BCUT2D eigenvalue weighted by atomic mass is 16.1. The van der Waals surface area contributed by atoms with Crippen LogP contribution in [0.5, 0.6) is 0 Å². The molecular weight excluding hydrogens is 398 g/mol. The molecule has 0 aliphatic carbocycles. The number of nitrogens with one attached hydrogen (secondary N) is 2. The smallest absolute Gasteiger partial charge is 0.180 e. The van der Waals surface area contributed by atoms with Gasteiger partial charge in [-0.1, -0.05) is 36.4 Å². The maximum Gasteiger partial charge on any atom is 0.180 e. The molecule has 0 aliphatic rings.